The lowest BCUT2D eigenvalue weighted by Crippen LogP contribution is -2.33. The minimum Gasteiger partial charge on any atom is -0.508 e. The SMILES string of the molecule is O=C(CCN1C(=O)C(=C2SC(=S)N(CCC(=O)Nc3cccc(O)c3)C2=O)SC1=S)Nc1cccc(O)c1. The summed E-state index contributed by atoms with van der Waals surface area (Å²) in [6.07, 6.45) is -0.102. The Kier molecular flexibility index (Phi) is 8.66. The Bertz CT molecular complexity index is 1290. The number of nitrogens with one attached hydrogen (secondary N) is 2. The number of anilines is 2. The maximum Gasteiger partial charge on any atom is 0.267 e. The minimum absolute atomic E-state index is 0.00826. The van der Waals surface area contributed by atoms with Crippen LogP contribution in [0.3, 0.4) is 0 Å². The van der Waals surface area contributed by atoms with Crippen LogP contribution in [0.2, 0.25) is 0 Å². The van der Waals surface area contributed by atoms with E-state index in [4.69, 9.17) is 24.4 Å². The van der Waals surface area contributed by atoms with Gasteiger partial charge in [-0.2, -0.15) is 0 Å². The molecule has 2 aliphatic rings. The third kappa shape index (κ3) is 6.51. The number of thiocarbonyl (C=S) groups is 2. The van der Waals surface area contributed by atoms with E-state index in [2.05, 4.69) is 10.6 Å². The molecule has 4 N–H and O–H groups in total. The molecular formula is C24H20N4O6S4. The van der Waals surface area contributed by atoms with Crippen molar-refractivity contribution in [3.8, 4) is 11.5 Å². The van der Waals surface area contributed by atoms with E-state index in [9.17, 15) is 29.4 Å². The normalized spacial score (nSPS) is 17.4. The van der Waals surface area contributed by atoms with E-state index in [1.165, 1.54) is 34.1 Å². The summed E-state index contributed by atoms with van der Waals surface area (Å²) in [6, 6.07) is 12.2. The fourth-order valence-electron chi connectivity index (χ4n) is 3.50. The summed E-state index contributed by atoms with van der Waals surface area (Å²) in [6.45, 7) is 0.0165. The van der Waals surface area contributed by atoms with Crippen molar-refractivity contribution in [1.29, 1.82) is 0 Å². The van der Waals surface area contributed by atoms with E-state index >= 15 is 0 Å². The predicted octanol–water partition coefficient (Wildman–Crippen LogP) is 3.39. The number of aromatic hydroxyl groups is 2. The molecule has 0 aliphatic carbocycles. The molecule has 4 amide bonds. The Morgan fingerprint density at radius 1 is 0.737 bits per heavy atom. The van der Waals surface area contributed by atoms with Crippen molar-refractivity contribution < 1.29 is 29.4 Å². The van der Waals surface area contributed by atoms with Crippen molar-refractivity contribution >= 4 is 91.6 Å². The largest absolute Gasteiger partial charge is 0.508 e. The second-order valence-corrected chi connectivity index (χ2v) is 11.3. The Balaban J connectivity index is 1.35. The van der Waals surface area contributed by atoms with Gasteiger partial charge in [0.05, 0.1) is 9.81 Å². The molecule has 2 heterocycles. The molecule has 2 aromatic rings. The van der Waals surface area contributed by atoms with Gasteiger partial charge in [0, 0.05) is 49.4 Å². The van der Waals surface area contributed by atoms with Gasteiger partial charge < -0.3 is 20.8 Å². The van der Waals surface area contributed by atoms with Crippen molar-refractivity contribution in [2.24, 2.45) is 0 Å². The van der Waals surface area contributed by atoms with Crippen molar-refractivity contribution in [2.75, 3.05) is 23.7 Å². The topological polar surface area (TPSA) is 139 Å². The number of carbonyl (C=O) groups is 4. The van der Waals surface area contributed by atoms with E-state index < -0.39 is 11.8 Å². The van der Waals surface area contributed by atoms with Crippen LogP contribution in [0.4, 0.5) is 11.4 Å². The highest BCUT2D eigenvalue weighted by Crippen LogP contribution is 2.42. The number of hydrogen-bond acceptors (Lipinski definition) is 10. The van der Waals surface area contributed by atoms with Crippen LogP contribution in [0.5, 0.6) is 11.5 Å². The molecule has 14 heteroatoms. The highest BCUT2D eigenvalue weighted by atomic mass is 32.2. The summed E-state index contributed by atoms with van der Waals surface area (Å²) in [5.41, 5.74) is 0.833. The molecule has 0 spiro atoms. The maximum absolute atomic E-state index is 13.1. The number of amides is 4. The van der Waals surface area contributed by atoms with Crippen LogP contribution in [-0.2, 0) is 19.2 Å². The minimum atomic E-state index is -0.493. The van der Waals surface area contributed by atoms with Gasteiger partial charge in [-0.25, -0.2) is 0 Å². The predicted molar refractivity (Wildman–Crippen MR) is 154 cm³/mol. The first-order chi connectivity index (χ1) is 18.1. The highest BCUT2D eigenvalue weighted by molar-refractivity contribution is 8.29. The van der Waals surface area contributed by atoms with E-state index in [1.807, 2.05) is 0 Å². The van der Waals surface area contributed by atoms with E-state index in [-0.39, 0.29) is 67.7 Å². The monoisotopic (exact) mass is 588 g/mol. The first-order valence-corrected chi connectivity index (χ1v) is 13.6. The van der Waals surface area contributed by atoms with Crippen molar-refractivity contribution in [1.82, 2.24) is 9.80 Å². The van der Waals surface area contributed by atoms with Crippen LogP contribution in [-0.4, -0.2) is 65.4 Å². The zero-order valence-electron chi connectivity index (χ0n) is 19.5. The lowest BCUT2D eigenvalue weighted by Gasteiger charge is -2.15. The van der Waals surface area contributed by atoms with Gasteiger partial charge in [0.2, 0.25) is 11.8 Å². The van der Waals surface area contributed by atoms with E-state index in [1.54, 1.807) is 24.3 Å². The fraction of sp³-hybridized carbons (Fsp3) is 0.167. The fourth-order valence-corrected chi connectivity index (χ4v) is 6.27. The lowest BCUT2D eigenvalue weighted by molar-refractivity contribution is -0.125. The lowest BCUT2D eigenvalue weighted by atomic mass is 10.2. The molecule has 0 unspecified atom stereocenters. The summed E-state index contributed by atoms with van der Waals surface area (Å²) in [4.78, 5) is 53.5. The number of benzene rings is 2. The van der Waals surface area contributed by atoms with Gasteiger partial charge in [0.1, 0.15) is 20.1 Å². The molecule has 4 rings (SSSR count). The van der Waals surface area contributed by atoms with Crippen LogP contribution in [0.1, 0.15) is 12.8 Å². The molecule has 10 nitrogen and oxygen atoms in total. The molecule has 0 atom stereocenters. The molecule has 2 saturated heterocycles. The first-order valence-electron chi connectivity index (χ1n) is 11.1. The van der Waals surface area contributed by atoms with Gasteiger partial charge in [-0.1, -0.05) is 60.1 Å². The average Bonchev–Trinajstić information content (AvgIpc) is 3.29. The van der Waals surface area contributed by atoms with E-state index in [0.717, 1.165) is 23.5 Å². The smallest absolute Gasteiger partial charge is 0.267 e. The number of phenolic OH excluding ortho intramolecular Hbond substituents is 2. The van der Waals surface area contributed by atoms with Gasteiger partial charge in [0.25, 0.3) is 11.8 Å². The Hall–Kier alpha value is -3.46. The second-order valence-electron chi connectivity index (χ2n) is 8.00. The molecule has 2 fully saturated rings. The van der Waals surface area contributed by atoms with Crippen molar-refractivity contribution in [3.05, 3.63) is 58.3 Å². The van der Waals surface area contributed by atoms with Crippen LogP contribution >= 0.6 is 48.0 Å². The molecule has 2 aliphatic heterocycles. The molecule has 0 aromatic heterocycles. The summed E-state index contributed by atoms with van der Waals surface area (Å²) in [7, 11) is 0. The zero-order chi connectivity index (χ0) is 27.4. The van der Waals surface area contributed by atoms with Crippen LogP contribution in [0, 0.1) is 0 Å². The summed E-state index contributed by atoms with van der Waals surface area (Å²) >= 11 is 12.6. The Morgan fingerprint density at radius 3 is 1.50 bits per heavy atom. The van der Waals surface area contributed by atoms with Gasteiger partial charge in [0.15, 0.2) is 0 Å². The number of rotatable bonds is 8. The number of phenols is 2. The van der Waals surface area contributed by atoms with Crippen molar-refractivity contribution in [3.63, 3.8) is 0 Å². The summed E-state index contributed by atoms with van der Waals surface area (Å²) in [5, 5.41) is 24.3. The molecule has 2 aromatic carbocycles. The first kappa shape index (κ1) is 27.6. The second kappa shape index (κ2) is 11.9. The van der Waals surface area contributed by atoms with Gasteiger partial charge in [-0.15, -0.1) is 0 Å². The third-order valence-electron chi connectivity index (χ3n) is 5.29. The highest BCUT2D eigenvalue weighted by Gasteiger charge is 2.42. The maximum atomic E-state index is 13.1. The standard InChI is InChI=1S/C24H20N4O6S4/c29-15-5-1-3-13(11-15)25-17(31)7-9-27-21(33)19(37-23(27)35)20-22(34)28(24(36)38-20)10-8-18(32)26-14-4-2-6-16(30)12-14/h1-6,11-12,29-30H,7-10H2,(H,25,31)(H,26,32). The Morgan fingerprint density at radius 2 is 1.13 bits per heavy atom. The van der Waals surface area contributed by atoms with Gasteiger partial charge in [-0.3, -0.25) is 29.0 Å². The van der Waals surface area contributed by atoms with E-state index in [0.29, 0.717) is 11.4 Å². The third-order valence-corrected chi connectivity index (χ3v) is 8.32. The average molecular weight is 589 g/mol. The van der Waals surface area contributed by atoms with Crippen LogP contribution in [0.15, 0.2) is 58.3 Å². The van der Waals surface area contributed by atoms with Crippen molar-refractivity contribution in [2.45, 2.75) is 12.8 Å². The summed E-state index contributed by atoms with van der Waals surface area (Å²) < 4.78 is 0.428. The number of nitrogens with zero attached hydrogens (tertiary/aromatic N) is 2. The number of hydrogen-bond donors (Lipinski definition) is 4. The van der Waals surface area contributed by atoms with Gasteiger partial charge >= 0.3 is 0 Å². The quantitative estimate of drug-likeness (QED) is 0.268. The molecule has 0 saturated carbocycles. The summed E-state index contributed by atoms with van der Waals surface area (Å²) in [5.74, 6) is -1.72. The van der Waals surface area contributed by atoms with Crippen LogP contribution < -0.4 is 10.6 Å². The molecule has 196 valence electrons. The van der Waals surface area contributed by atoms with Gasteiger partial charge in [-0.05, 0) is 24.3 Å². The Labute approximate surface area is 236 Å². The molecule has 0 bridgehead atoms. The molecular weight excluding hydrogens is 569 g/mol. The number of carbonyl (C=O) groups excluding carboxylic acids is 4. The zero-order valence-corrected chi connectivity index (χ0v) is 22.8. The molecule has 38 heavy (non-hydrogen) atoms. The van der Waals surface area contributed by atoms with Crippen LogP contribution in [0.25, 0.3) is 0 Å². The number of thioether (sulfide) groups is 2. The molecule has 0 radical (unpaired) electrons.